The lowest BCUT2D eigenvalue weighted by molar-refractivity contribution is 0.585. The van der Waals surface area contributed by atoms with Crippen molar-refractivity contribution < 1.29 is 16.8 Å². The fourth-order valence-corrected chi connectivity index (χ4v) is 3.61. The predicted molar refractivity (Wildman–Crippen MR) is 61.4 cm³/mol. The number of nitrogens with two attached hydrogens (primary N) is 1. The summed E-state index contributed by atoms with van der Waals surface area (Å²) < 4.78 is 44.9. The first-order chi connectivity index (χ1) is 7.74. The average Bonchev–Trinajstić information content (AvgIpc) is 2.26. The number of rotatable bonds is 5. The van der Waals surface area contributed by atoms with Gasteiger partial charge in [0.25, 0.3) is 0 Å². The van der Waals surface area contributed by atoms with Crippen molar-refractivity contribution in [2.75, 3.05) is 11.5 Å². The third kappa shape index (κ3) is 4.36. The van der Waals surface area contributed by atoms with Crippen molar-refractivity contribution in [3.8, 4) is 0 Å². The zero-order valence-corrected chi connectivity index (χ0v) is 10.8. The van der Waals surface area contributed by atoms with Gasteiger partial charge in [-0.3, -0.25) is 0 Å². The lowest BCUT2D eigenvalue weighted by Crippen LogP contribution is -2.23. The highest BCUT2D eigenvalue weighted by Gasteiger charge is 2.19. The van der Waals surface area contributed by atoms with Crippen LogP contribution in [-0.4, -0.2) is 38.3 Å². The number of sulfonamides is 1. The Morgan fingerprint density at radius 1 is 1.18 bits per heavy atom. The van der Waals surface area contributed by atoms with Crippen LogP contribution in [-0.2, 0) is 26.3 Å². The van der Waals surface area contributed by atoms with Crippen LogP contribution in [0.5, 0.6) is 0 Å². The normalized spacial score (nSPS) is 12.6. The van der Waals surface area contributed by atoms with Gasteiger partial charge in [-0.1, -0.05) is 6.92 Å². The summed E-state index contributed by atoms with van der Waals surface area (Å²) in [5.41, 5.74) is 0.578. The molecule has 7 nitrogen and oxygen atoms in total. The van der Waals surface area contributed by atoms with Gasteiger partial charge in [0.15, 0.2) is 14.9 Å². The van der Waals surface area contributed by atoms with E-state index in [2.05, 4.69) is 9.97 Å². The van der Waals surface area contributed by atoms with Crippen molar-refractivity contribution >= 4 is 19.9 Å². The molecule has 1 rings (SSSR count). The summed E-state index contributed by atoms with van der Waals surface area (Å²) in [5, 5.41) is 4.58. The van der Waals surface area contributed by atoms with Crippen molar-refractivity contribution in [1.82, 2.24) is 9.97 Å². The van der Waals surface area contributed by atoms with E-state index in [0.29, 0.717) is 12.1 Å². The third-order valence-corrected chi connectivity index (χ3v) is 4.65. The molecular formula is C8H13N3O4S2. The van der Waals surface area contributed by atoms with Crippen molar-refractivity contribution in [1.29, 1.82) is 0 Å². The summed E-state index contributed by atoms with van der Waals surface area (Å²) in [7, 11) is -7.54. The Hall–Kier alpha value is -1.06. The molecule has 1 aromatic heterocycles. The predicted octanol–water partition coefficient (Wildman–Crippen LogP) is -0.899. The van der Waals surface area contributed by atoms with Gasteiger partial charge in [-0.15, -0.1) is 0 Å². The van der Waals surface area contributed by atoms with Crippen LogP contribution < -0.4 is 5.14 Å². The molecule has 0 saturated carbocycles. The van der Waals surface area contributed by atoms with Gasteiger partial charge in [-0.2, -0.15) is 0 Å². The van der Waals surface area contributed by atoms with Crippen molar-refractivity contribution in [3.63, 3.8) is 0 Å². The van der Waals surface area contributed by atoms with Crippen LogP contribution in [0.25, 0.3) is 0 Å². The van der Waals surface area contributed by atoms with Crippen LogP contribution in [0.2, 0.25) is 0 Å². The lowest BCUT2D eigenvalue weighted by atomic mass is 10.3. The number of hydrogen-bond donors (Lipinski definition) is 1. The van der Waals surface area contributed by atoms with Gasteiger partial charge in [0, 0.05) is 5.69 Å². The Bertz CT molecular complexity index is 595. The van der Waals surface area contributed by atoms with E-state index in [4.69, 9.17) is 5.14 Å². The second-order valence-corrected chi connectivity index (χ2v) is 7.18. The molecule has 0 radical (unpaired) electrons. The summed E-state index contributed by atoms with van der Waals surface area (Å²) >= 11 is 0. The zero-order valence-electron chi connectivity index (χ0n) is 9.20. The topological polar surface area (TPSA) is 120 Å². The molecule has 0 spiro atoms. The summed E-state index contributed by atoms with van der Waals surface area (Å²) in [5.74, 6) is -1.20. The van der Waals surface area contributed by atoms with E-state index in [9.17, 15) is 16.8 Å². The molecule has 0 aliphatic rings. The van der Waals surface area contributed by atoms with Gasteiger partial charge >= 0.3 is 0 Å². The highest BCUT2D eigenvalue weighted by atomic mass is 32.2. The Morgan fingerprint density at radius 3 is 2.35 bits per heavy atom. The van der Waals surface area contributed by atoms with Gasteiger partial charge < -0.3 is 0 Å². The van der Waals surface area contributed by atoms with Crippen LogP contribution >= 0.6 is 0 Å². The van der Waals surface area contributed by atoms with Gasteiger partial charge in [0.1, 0.15) is 6.33 Å². The van der Waals surface area contributed by atoms with E-state index >= 15 is 0 Å². The standard InChI is InChI=1S/C8H13N3O4S2/c1-2-7-5-8(11-6-10-7)16(12,13)3-4-17(9,14)15/h5-6H,2-4H2,1H3,(H2,9,14,15). The summed E-state index contributed by atoms with van der Waals surface area (Å²) in [6.07, 6.45) is 1.71. The van der Waals surface area contributed by atoms with Gasteiger partial charge in [0.05, 0.1) is 11.5 Å². The Kier molecular flexibility index (Phi) is 4.17. The van der Waals surface area contributed by atoms with Crippen molar-refractivity contribution in [2.45, 2.75) is 18.4 Å². The van der Waals surface area contributed by atoms with Crippen molar-refractivity contribution in [2.24, 2.45) is 5.14 Å². The van der Waals surface area contributed by atoms with Crippen LogP contribution in [0.4, 0.5) is 0 Å². The Balaban J connectivity index is 2.97. The van der Waals surface area contributed by atoms with Gasteiger partial charge in [-0.05, 0) is 12.5 Å². The van der Waals surface area contributed by atoms with E-state index in [1.54, 1.807) is 0 Å². The molecule has 0 bridgehead atoms. The molecule has 0 unspecified atom stereocenters. The minimum atomic E-state index is -3.80. The molecule has 1 heterocycles. The smallest absolute Gasteiger partial charge is 0.210 e. The van der Waals surface area contributed by atoms with E-state index in [1.165, 1.54) is 6.07 Å². The quantitative estimate of drug-likeness (QED) is 0.697. The number of sulfone groups is 1. The summed E-state index contributed by atoms with van der Waals surface area (Å²) in [6, 6.07) is 1.33. The Morgan fingerprint density at radius 2 is 1.82 bits per heavy atom. The molecule has 17 heavy (non-hydrogen) atoms. The van der Waals surface area contributed by atoms with E-state index in [0.717, 1.165) is 6.33 Å². The van der Waals surface area contributed by atoms with Crippen molar-refractivity contribution in [3.05, 3.63) is 18.1 Å². The second kappa shape index (κ2) is 5.07. The first kappa shape index (κ1) is 14.0. The molecule has 0 fully saturated rings. The first-order valence-electron chi connectivity index (χ1n) is 4.79. The van der Waals surface area contributed by atoms with Crippen LogP contribution in [0, 0.1) is 0 Å². The summed E-state index contributed by atoms with van der Waals surface area (Å²) in [4.78, 5) is 7.49. The molecule has 0 amide bonds. The van der Waals surface area contributed by atoms with Gasteiger partial charge in [-0.25, -0.2) is 31.9 Å². The summed E-state index contributed by atoms with van der Waals surface area (Å²) in [6.45, 7) is 1.82. The molecule has 0 saturated heterocycles. The first-order valence-corrected chi connectivity index (χ1v) is 8.15. The fourth-order valence-electron chi connectivity index (χ4n) is 1.07. The lowest BCUT2D eigenvalue weighted by Gasteiger charge is -2.03. The van der Waals surface area contributed by atoms with Crippen LogP contribution in [0.15, 0.2) is 17.4 Å². The number of aryl methyl sites for hydroxylation is 1. The maximum Gasteiger partial charge on any atom is 0.210 e. The molecule has 0 aliphatic carbocycles. The maximum absolute atomic E-state index is 11.7. The minimum absolute atomic E-state index is 0.173. The van der Waals surface area contributed by atoms with Gasteiger partial charge in [0.2, 0.25) is 10.0 Å². The Labute approximate surface area is 100 Å². The molecule has 96 valence electrons. The molecule has 2 N–H and O–H groups in total. The molecule has 9 heteroatoms. The van der Waals surface area contributed by atoms with E-state index in [1.807, 2.05) is 6.92 Å². The van der Waals surface area contributed by atoms with Crippen LogP contribution in [0.3, 0.4) is 0 Å². The average molecular weight is 279 g/mol. The number of aromatic nitrogens is 2. The number of hydrogen-bond acceptors (Lipinski definition) is 6. The van der Waals surface area contributed by atoms with E-state index in [-0.39, 0.29) is 5.03 Å². The molecular weight excluding hydrogens is 266 g/mol. The molecule has 0 aliphatic heterocycles. The molecule has 1 aromatic rings. The number of nitrogens with zero attached hydrogens (tertiary/aromatic N) is 2. The highest BCUT2D eigenvalue weighted by Crippen LogP contribution is 2.09. The SMILES string of the molecule is CCc1cc(S(=O)(=O)CCS(N)(=O)=O)ncn1. The minimum Gasteiger partial charge on any atom is -0.241 e. The zero-order chi connectivity index (χ0) is 13.1. The third-order valence-electron chi connectivity index (χ3n) is 2.02. The molecule has 0 aromatic carbocycles. The highest BCUT2D eigenvalue weighted by molar-refractivity contribution is 7.94. The van der Waals surface area contributed by atoms with Crippen LogP contribution in [0.1, 0.15) is 12.6 Å². The monoisotopic (exact) mass is 279 g/mol. The fraction of sp³-hybridized carbons (Fsp3) is 0.500. The molecule has 0 atom stereocenters. The largest absolute Gasteiger partial charge is 0.241 e. The number of primary sulfonamides is 1. The van der Waals surface area contributed by atoms with E-state index < -0.39 is 31.4 Å². The maximum atomic E-state index is 11.7. The second-order valence-electron chi connectivity index (χ2n) is 3.39.